The van der Waals surface area contributed by atoms with E-state index in [-0.39, 0.29) is 33.9 Å². The van der Waals surface area contributed by atoms with Crippen LogP contribution >= 0.6 is 15.9 Å². The van der Waals surface area contributed by atoms with Gasteiger partial charge in [0.05, 0.1) is 0 Å². The molecule has 4 aromatic rings. The average molecular weight is 836 g/mol. The maximum absolute atomic E-state index is 12.9. The van der Waals surface area contributed by atoms with E-state index in [9.17, 15) is 44.7 Å². The Morgan fingerprint density at radius 1 is 0.566 bits per heavy atom. The zero-order valence-corrected chi connectivity index (χ0v) is 33.1. The summed E-state index contributed by atoms with van der Waals surface area (Å²) < 4.78 is 101. The van der Waals surface area contributed by atoms with Crippen LogP contribution in [0.1, 0.15) is 61.4 Å². The lowest BCUT2D eigenvalue weighted by Crippen LogP contribution is -2.16. The van der Waals surface area contributed by atoms with Crippen LogP contribution in [0, 0.1) is 58.5 Å². The highest BCUT2D eigenvalue weighted by atomic mass is 79.9. The molecule has 278 valence electrons. The van der Waals surface area contributed by atoms with Gasteiger partial charge in [0, 0.05) is 43.4 Å². The molecule has 4 aromatic carbocycles. The van der Waals surface area contributed by atoms with Gasteiger partial charge in [0.25, 0.3) is 12.9 Å². The molecule has 0 N–H and O–H groups in total. The summed E-state index contributed by atoms with van der Waals surface area (Å²) >= 11 is 3.04. The monoisotopic (exact) mass is 834 g/mol. The summed E-state index contributed by atoms with van der Waals surface area (Å²) in [7, 11) is -3.14. The lowest BCUT2D eigenvalue weighted by molar-refractivity contribution is 0.111. The Kier molecular flexibility index (Phi) is 18.9. The zero-order valence-electron chi connectivity index (χ0n) is 29.5. The molecule has 0 aromatic heterocycles. The highest BCUT2D eigenvalue weighted by Crippen LogP contribution is 2.24. The number of terminal acetylenes is 1. The molecule has 0 bridgehead atoms. The first kappa shape index (κ1) is 46.3. The third kappa shape index (κ3) is 18.0. The highest BCUT2D eigenvalue weighted by Gasteiger charge is 2.14. The smallest absolute Gasteiger partial charge is 0.265 e. The summed E-state index contributed by atoms with van der Waals surface area (Å²) in [6, 6.07) is 14.0. The second kappa shape index (κ2) is 21.7. The van der Waals surface area contributed by atoms with Gasteiger partial charge in [-0.2, -0.15) is 0 Å². The Balaban J connectivity index is 0.000000358. The number of rotatable bonds is 4. The molecule has 0 aliphatic heterocycles. The van der Waals surface area contributed by atoms with Crippen molar-refractivity contribution in [3.63, 3.8) is 0 Å². The van der Waals surface area contributed by atoms with Crippen molar-refractivity contribution < 1.29 is 44.7 Å². The van der Waals surface area contributed by atoms with Gasteiger partial charge < -0.3 is 0 Å². The van der Waals surface area contributed by atoms with Crippen LogP contribution in [-0.2, 0) is 0 Å². The Labute approximate surface area is 315 Å². The van der Waals surface area contributed by atoms with Gasteiger partial charge in [0.1, 0.15) is 39.4 Å². The molecule has 0 aliphatic carbocycles. The minimum atomic E-state index is -2.66. The summed E-state index contributed by atoms with van der Waals surface area (Å²) in [5.74, 6) is 5.70. The van der Waals surface area contributed by atoms with Gasteiger partial charge in [-0.25, -0.2) is 35.1 Å². The van der Waals surface area contributed by atoms with Crippen molar-refractivity contribution in [1.29, 1.82) is 0 Å². The summed E-state index contributed by atoms with van der Waals surface area (Å²) in [4.78, 5) is 20.9. The molecule has 0 amide bonds. The van der Waals surface area contributed by atoms with E-state index in [4.69, 9.17) is 6.42 Å². The van der Waals surface area contributed by atoms with Crippen LogP contribution < -0.4 is 0 Å². The third-order valence-electron chi connectivity index (χ3n) is 6.03. The standard InChI is InChI=1S/C12H13F3Si.C12H13FOSi.C9H5F3.C7H4BrFO/c1-16(2,3)7-6-9-8-10(13)4-5-11(9)12(14)15;1-15(2,3)7-6-10-8-12(13)5-4-11(10)9-14;1-2-6-5-7(10)3-4-8(6)9(11)12;8-7-3-6(9)2-1-5(7)4-10/h4-5,8,12H,1-3H3;4-5,8-9H,1-3H3;1,3-5,9H;1-4H. The fraction of sp³-hybridized carbons (Fsp3) is 0.200. The molecule has 0 saturated heterocycles. The van der Waals surface area contributed by atoms with Crippen molar-refractivity contribution in [3.8, 4) is 35.3 Å². The van der Waals surface area contributed by atoms with Crippen molar-refractivity contribution in [1.82, 2.24) is 0 Å². The third-order valence-corrected chi connectivity index (χ3v) is 8.47. The summed E-state index contributed by atoms with van der Waals surface area (Å²) in [5, 5.41) is 0. The number of benzene rings is 4. The molecule has 0 heterocycles. The van der Waals surface area contributed by atoms with Crippen molar-refractivity contribution in [2.45, 2.75) is 52.1 Å². The van der Waals surface area contributed by atoms with Crippen LogP contribution in [-0.4, -0.2) is 28.7 Å². The normalized spacial score (nSPS) is 10.3. The van der Waals surface area contributed by atoms with Crippen molar-refractivity contribution in [3.05, 3.63) is 139 Å². The molecule has 53 heavy (non-hydrogen) atoms. The number of hydrogen-bond acceptors (Lipinski definition) is 2. The van der Waals surface area contributed by atoms with Crippen molar-refractivity contribution in [2.24, 2.45) is 0 Å². The fourth-order valence-electron chi connectivity index (χ4n) is 3.52. The Morgan fingerprint density at radius 2 is 0.925 bits per heavy atom. The fourth-order valence-corrected chi connectivity index (χ4v) is 4.98. The van der Waals surface area contributed by atoms with E-state index >= 15 is 0 Å². The molecule has 13 heteroatoms. The first-order chi connectivity index (χ1) is 24.6. The molecule has 0 atom stereocenters. The first-order valence-electron chi connectivity index (χ1n) is 15.4. The van der Waals surface area contributed by atoms with Gasteiger partial charge in [0.15, 0.2) is 12.6 Å². The van der Waals surface area contributed by atoms with E-state index < -0.39 is 40.6 Å². The predicted octanol–water partition coefficient (Wildman–Crippen LogP) is 12.0. The van der Waals surface area contributed by atoms with E-state index in [0.717, 1.165) is 36.4 Å². The topological polar surface area (TPSA) is 34.1 Å². The summed E-state index contributed by atoms with van der Waals surface area (Å²) in [6.45, 7) is 12.3. The highest BCUT2D eigenvalue weighted by molar-refractivity contribution is 9.10. The van der Waals surface area contributed by atoms with E-state index in [1.165, 1.54) is 36.4 Å². The van der Waals surface area contributed by atoms with Crippen LogP contribution in [0.15, 0.2) is 77.3 Å². The molecule has 0 fully saturated rings. The average Bonchev–Trinajstić information content (AvgIpc) is 3.06. The van der Waals surface area contributed by atoms with Crippen LogP contribution in [0.25, 0.3) is 0 Å². The van der Waals surface area contributed by atoms with Gasteiger partial charge in [-0.3, -0.25) is 9.59 Å². The molecule has 4 rings (SSSR count). The number of carbonyl (C=O) groups excluding carboxylic acids is 2. The number of halogens is 9. The molecular formula is C40H35BrF8O2Si2. The Bertz CT molecular complexity index is 2040. The van der Waals surface area contributed by atoms with Crippen molar-refractivity contribution in [2.75, 3.05) is 0 Å². The van der Waals surface area contributed by atoms with Crippen LogP contribution in [0.4, 0.5) is 35.1 Å². The minimum Gasteiger partial charge on any atom is -0.298 e. The van der Waals surface area contributed by atoms with Gasteiger partial charge >= 0.3 is 0 Å². The quantitative estimate of drug-likeness (QED) is 0.0888. The lowest BCUT2D eigenvalue weighted by Gasteiger charge is -2.06. The molecule has 0 radical (unpaired) electrons. The first-order valence-corrected chi connectivity index (χ1v) is 23.2. The summed E-state index contributed by atoms with van der Waals surface area (Å²) in [6.07, 6.45) is 1.00. The molecule has 0 saturated carbocycles. The number of aldehydes is 2. The largest absolute Gasteiger partial charge is 0.298 e. The zero-order chi connectivity index (χ0) is 40.5. The van der Waals surface area contributed by atoms with Gasteiger partial charge in [0.2, 0.25) is 0 Å². The maximum Gasteiger partial charge on any atom is 0.265 e. The SMILES string of the molecule is C#Cc1cc(F)ccc1C(F)F.C[Si](C)(C)C#Cc1cc(F)ccc1C(F)F.C[Si](C)(C)C#Cc1cc(F)ccc1C=O.O=Cc1ccc(F)cc1Br. The Morgan fingerprint density at radius 3 is 1.32 bits per heavy atom. The Hall–Kier alpha value is -4.75. The predicted molar refractivity (Wildman–Crippen MR) is 202 cm³/mol. The lowest BCUT2D eigenvalue weighted by atomic mass is 10.1. The summed E-state index contributed by atoms with van der Waals surface area (Å²) in [5.41, 5.74) is 6.93. The number of alkyl halides is 4. The molecular weight excluding hydrogens is 800 g/mol. The molecule has 0 aliphatic rings. The number of carbonyl (C=O) groups is 2. The second-order valence-electron chi connectivity index (χ2n) is 12.8. The van der Waals surface area contributed by atoms with E-state index in [1.807, 2.05) is 25.6 Å². The minimum absolute atomic E-state index is 0.0926. The molecule has 0 unspecified atom stereocenters. The number of hydrogen-bond donors (Lipinski definition) is 0. The molecule has 2 nitrogen and oxygen atoms in total. The van der Waals surface area contributed by atoms with E-state index in [2.05, 4.69) is 58.5 Å². The van der Waals surface area contributed by atoms with Crippen LogP contribution in [0.2, 0.25) is 39.3 Å². The van der Waals surface area contributed by atoms with Gasteiger partial charge in [-0.1, -0.05) is 57.0 Å². The van der Waals surface area contributed by atoms with Gasteiger partial charge in [-0.05, 0) is 88.7 Å². The second-order valence-corrected chi connectivity index (χ2v) is 23.2. The maximum atomic E-state index is 12.9. The van der Waals surface area contributed by atoms with Gasteiger partial charge in [-0.15, -0.1) is 17.5 Å². The molecule has 0 spiro atoms. The van der Waals surface area contributed by atoms with E-state index in [1.54, 1.807) is 0 Å². The van der Waals surface area contributed by atoms with Crippen LogP contribution in [0.5, 0.6) is 0 Å². The van der Waals surface area contributed by atoms with Crippen molar-refractivity contribution >= 4 is 44.7 Å². The van der Waals surface area contributed by atoms with Crippen LogP contribution in [0.3, 0.4) is 0 Å². The van der Waals surface area contributed by atoms with E-state index in [0.29, 0.717) is 33.7 Å².